The Morgan fingerprint density at radius 3 is 2.42 bits per heavy atom. The van der Waals surface area contributed by atoms with Crippen molar-refractivity contribution in [2.75, 3.05) is 0 Å². The Labute approximate surface area is 147 Å². The number of nitrogens with zero attached hydrogens (tertiary/aromatic N) is 1. The molecule has 0 unspecified atom stereocenters. The van der Waals surface area contributed by atoms with Crippen molar-refractivity contribution in [2.24, 2.45) is 4.99 Å². The monoisotopic (exact) mass is 414 g/mol. The number of aromatic hydroxyl groups is 1. The van der Waals surface area contributed by atoms with Crippen molar-refractivity contribution in [1.82, 2.24) is 4.72 Å². The zero-order valence-corrected chi connectivity index (χ0v) is 14.9. The average Bonchev–Trinajstić information content (AvgIpc) is 2.47. The van der Waals surface area contributed by atoms with Crippen LogP contribution in [0, 0.1) is 0 Å². The minimum absolute atomic E-state index is 0. The molecular formula is C15H15BrN2O5S. The number of benzene rings is 2. The zero-order valence-electron chi connectivity index (χ0n) is 12.5. The van der Waals surface area contributed by atoms with Crippen LogP contribution < -0.4 is 4.72 Å². The van der Waals surface area contributed by atoms with E-state index in [0.717, 1.165) is 11.4 Å². The van der Waals surface area contributed by atoms with Crippen LogP contribution >= 0.6 is 15.9 Å². The van der Waals surface area contributed by atoms with Gasteiger partial charge in [0, 0.05) is 23.2 Å². The lowest BCUT2D eigenvalue weighted by atomic mass is 10.2. The maximum Gasteiger partial charge on any atom is 0.264 e. The first kappa shape index (κ1) is 19.8. The van der Waals surface area contributed by atoms with Crippen molar-refractivity contribution in [3.05, 3.63) is 52.5 Å². The zero-order chi connectivity index (χ0) is 17.0. The summed E-state index contributed by atoms with van der Waals surface area (Å²) >= 11 is 3.30. The van der Waals surface area contributed by atoms with Gasteiger partial charge in [-0.3, -0.25) is 9.79 Å². The molecule has 1 amide bonds. The maximum atomic E-state index is 11.8. The molecule has 0 bridgehead atoms. The SMILES string of the molecule is CC(=O)NS(=O)(=O)c1ccc(N=Cc2cc(Br)ccc2O)cc1.O. The number of aliphatic imine (C=N–C) groups is 1. The first-order valence-corrected chi connectivity index (χ1v) is 8.71. The molecule has 0 aliphatic carbocycles. The molecule has 0 atom stereocenters. The summed E-state index contributed by atoms with van der Waals surface area (Å²) < 4.78 is 26.3. The summed E-state index contributed by atoms with van der Waals surface area (Å²) in [5.41, 5.74) is 1.03. The summed E-state index contributed by atoms with van der Waals surface area (Å²) in [6.45, 7) is 1.13. The van der Waals surface area contributed by atoms with Crippen molar-refractivity contribution in [3.63, 3.8) is 0 Å². The van der Waals surface area contributed by atoms with E-state index in [1.54, 1.807) is 12.1 Å². The summed E-state index contributed by atoms with van der Waals surface area (Å²) in [7, 11) is -3.85. The van der Waals surface area contributed by atoms with E-state index in [1.807, 2.05) is 4.72 Å². The van der Waals surface area contributed by atoms with Crippen molar-refractivity contribution < 1.29 is 23.8 Å². The Balaban J connectivity index is 0.00000288. The second kappa shape index (κ2) is 8.04. The first-order chi connectivity index (χ1) is 10.8. The van der Waals surface area contributed by atoms with Crippen LogP contribution in [0.1, 0.15) is 12.5 Å². The maximum absolute atomic E-state index is 11.8. The summed E-state index contributed by atoms with van der Waals surface area (Å²) in [5.74, 6) is -0.570. The lowest BCUT2D eigenvalue weighted by Crippen LogP contribution is -2.28. The van der Waals surface area contributed by atoms with Crippen molar-refractivity contribution >= 4 is 43.8 Å². The molecule has 9 heteroatoms. The lowest BCUT2D eigenvalue weighted by molar-refractivity contribution is -0.117. The molecule has 0 aliphatic rings. The van der Waals surface area contributed by atoms with Crippen molar-refractivity contribution in [1.29, 1.82) is 0 Å². The molecule has 2 rings (SSSR count). The summed E-state index contributed by atoms with van der Waals surface area (Å²) in [4.78, 5) is 15.0. The van der Waals surface area contributed by atoms with Gasteiger partial charge >= 0.3 is 0 Å². The molecule has 0 aliphatic heterocycles. The number of halogens is 1. The highest BCUT2D eigenvalue weighted by atomic mass is 79.9. The quantitative estimate of drug-likeness (QED) is 0.740. The Kier molecular flexibility index (Phi) is 6.64. The Morgan fingerprint density at radius 2 is 1.83 bits per heavy atom. The van der Waals surface area contributed by atoms with Crippen LogP contribution in [-0.2, 0) is 14.8 Å². The summed E-state index contributed by atoms with van der Waals surface area (Å²) in [5, 5.41) is 9.72. The van der Waals surface area contributed by atoms with Crippen molar-refractivity contribution in [3.8, 4) is 5.75 Å². The Morgan fingerprint density at radius 1 is 1.21 bits per heavy atom. The van der Waals surface area contributed by atoms with Gasteiger partial charge in [-0.25, -0.2) is 13.1 Å². The van der Waals surface area contributed by atoms with E-state index in [1.165, 1.54) is 36.5 Å². The molecule has 0 saturated heterocycles. The third-order valence-corrected chi connectivity index (χ3v) is 4.71. The largest absolute Gasteiger partial charge is 0.507 e. The summed E-state index contributed by atoms with van der Waals surface area (Å²) in [6.07, 6.45) is 1.47. The fourth-order valence-electron chi connectivity index (χ4n) is 1.73. The predicted molar refractivity (Wildman–Crippen MR) is 94.1 cm³/mol. The number of phenolic OH excluding ortho intramolecular Hbond substituents is 1. The van der Waals surface area contributed by atoms with Gasteiger partial charge in [0.15, 0.2) is 0 Å². The van der Waals surface area contributed by atoms with E-state index in [4.69, 9.17) is 0 Å². The van der Waals surface area contributed by atoms with Crippen LogP contribution in [0.25, 0.3) is 0 Å². The molecule has 2 aromatic rings. The van der Waals surface area contributed by atoms with Crippen LogP contribution in [0.15, 0.2) is 56.8 Å². The number of rotatable bonds is 4. The molecule has 0 aromatic heterocycles. The number of nitrogens with one attached hydrogen (secondary N) is 1. The van der Waals surface area contributed by atoms with E-state index < -0.39 is 15.9 Å². The number of carbonyl (C=O) groups is 1. The number of sulfonamides is 1. The van der Waals surface area contributed by atoms with Crippen LogP contribution in [0.5, 0.6) is 5.75 Å². The molecule has 0 heterocycles. The second-order valence-corrected chi connectivity index (χ2v) is 7.22. The van der Waals surface area contributed by atoms with Gasteiger partial charge in [0.25, 0.3) is 10.0 Å². The third-order valence-electron chi connectivity index (χ3n) is 2.77. The Hall–Kier alpha value is -2.23. The van der Waals surface area contributed by atoms with Gasteiger partial charge < -0.3 is 10.6 Å². The molecule has 2 aromatic carbocycles. The molecule has 128 valence electrons. The van der Waals surface area contributed by atoms with Crippen LogP contribution in [0.3, 0.4) is 0 Å². The van der Waals surface area contributed by atoms with E-state index in [0.29, 0.717) is 11.3 Å². The Bertz CT molecular complexity index is 864. The normalized spacial score (nSPS) is 11.1. The molecular weight excluding hydrogens is 400 g/mol. The number of hydrogen-bond acceptors (Lipinski definition) is 5. The molecule has 0 saturated carbocycles. The number of phenols is 1. The van der Waals surface area contributed by atoms with Crippen LogP contribution in [-0.4, -0.2) is 31.1 Å². The van der Waals surface area contributed by atoms with Crippen LogP contribution in [0.2, 0.25) is 0 Å². The van der Waals surface area contributed by atoms with Gasteiger partial charge in [-0.1, -0.05) is 15.9 Å². The van der Waals surface area contributed by atoms with E-state index in [9.17, 15) is 18.3 Å². The average molecular weight is 415 g/mol. The summed E-state index contributed by atoms with van der Waals surface area (Å²) in [6, 6.07) is 10.6. The number of hydrogen-bond donors (Lipinski definition) is 2. The fourth-order valence-corrected chi connectivity index (χ4v) is 3.10. The highest BCUT2D eigenvalue weighted by molar-refractivity contribution is 9.10. The lowest BCUT2D eigenvalue weighted by Gasteiger charge is -2.04. The number of carbonyl (C=O) groups excluding carboxylic acids is 1. The van der Waals surface area contributed by atoms with E-state index >= 15 is 0 Å². The highest BCUT2D eigenvalue weighted by Gasteiger charge is 2.14. The molecule has 0 spiro atoms. The molecule has 24 heavy (non-hydrogen) atoms. The van der Waals surface area contributed by atoms with Crippen LogP contribution in [0.4, 0.5) is 5.69 Å². The molecule has 0 radical (unpaired) electrons. The van der Waals surface area contributed by atoms with E-state index in [-0.39, 0.29) is 16.1 Å². The van der Waals surface area contributed by atoms with E-state index in [2.05, 4.69) is 20.9 Å². The third kappa shape index (κ3) is 5.15. The standard InChI is InChI=1S/C15H13BrN2O4S.H2O/c1-10(19)18-23(21,22)14-5-3-13(4-6-14)17-9-11-8-12(16)2-7-15(11)20;/h2-9,20H,1H3,(H,18,19);1H2. The minimum atomic E-state index is -3.85. The highest BCUT2D eigenvalue weighted by Crippen LogP contribution is 2.22. The predicted octanol–water partition coefficient (Wildman–Crippen LogP) is 1.91. The van der Waals surface area contributed by atoms with Crippen molar-refractivity contribution in [2.45, 2.75) is 11.8 Å². The van der Waals surface area contributed by atoms with Gasteiger partial charge in [0.05, 0.1) is 10.6 Å². The fraction of sp³-hybridized carbons (Fsp3) is 0.0667. The van der Waals surface area contributed by atoms with Gasteiger partial charge in [-0.05, 0) is 42.5 Å². The number of amides is 1. The smallest absolute Gasteiger partial charge is 0.264 e. The molecule has 7 nitrogen and oxygen atoms in total. The van der Waals surface area contributed by atoms with Gasteiger partial charge in [0.1, 0.15) is 5.75 Å². The van der Waals surface area contributed by atoms with Gasteiger partial charge in [-0.15, -0.1) is 0 Å². The molecule has 0 fully saturated rings. The second-order valence-electron chi connectivity index (χ2n) is 4.62. The first-order valence-electron chi connectivity index (χ1n) is 6.44. The van der Waals surface area contributed by atoms with Gasteiger partial charge in [-0.2, -0.15) is 0 Å². The van der Waals surface area contributed by atoms with Gasteiger partial charge in [0.2, 0.25) is 5.91 Å². The minimum Gasteiger partial charge on any atom is -0.507 e. The molecule has 4 N–H and O–H groups in total. The topological polar surface area (TPSA) is 127 Å².